The summed E-state index contributed by atoms with van der Waals surface area (Å²) in [6.45, 7) is 3.77. The van der Waals surface area contributed by atoms with E-state index in [9.17, 15) is 14.7 Å². The Labute approximate surface area is 135 Å². The number of fused-ring (bicyclic) bond motifs is 1. The molecule has 0 bridgehead atoms. The van der Waals surface area contributed by atoms with Crippen molar-refractivity contribution < 1.29 is 14.7 Å². The van der Waals surface area contributed by atoms with Gasteiger partial charge < -0.3 is 10.0 Å². The second kappa shape index (κ2) is 5.32. The van der Waals surface area contributed by atoms with Crippen LogP contribution in [0.5, 0.6) is 0 Å². The first-order chi connectivity index (χ1) is 10.8. The van der Waals surface area contributed by atoms with Crippen LogP contribution < -0.4 is 4.90 Å². The lowest BCUT2D eigenvalue weighted by Gasteiger charge is -2.21. The number of para-hydroxylation sites is 1. The van der Waals surface area contributed by atoms with Gasteiger partial charge in [-0.05, 0) is 31.5 Å². The highest BCUT2D eigenvalue weighted by Crippen LogP contribution is 2.42. The van der Waals surface area contributed by atoms with Gasteiger partial charge in [-0.1, -0.05) is 35.9 Å². The second-order valence-corrected chi connectivity index (χ2v) is 6.16. The quantitative estimate of drug-likeness (QED) is 0.887. The molecule has 1 aliphatic heterocycles. The smallest absolute Gasteiger partial charge is 0.263 e. The molecule has 0 radical (unpaired) electrons. The van der Waals surface area contributed by atoms with Gasteiger partial charge in [-0.25, -0.2) is 0 Å². The van der Waals surface area contributed by atoms with Crippen LogP contribution in [0.1, 0.15) is 33.5 Å². The minimum absolute atomic E-state index is 0.229. The average Bonchev–Trinajstić information content (AvgIpc) is 2.72. The van der Waals surface area contributed by atoms with Crippen LogP contribution >= 0.6 is 0 Å². The van der Waals surface area contributed by atoms with E-state index in [0.29, 0.717) is 16.8 Å². The zero-order chi connectivity index (χ0) is 16.8. The van der Waals surface area contributed by atoms with Crippen LogP contribution in [0.25, 0.3) is 0 Å². The molecular formula is C19H19NO3. The van der Waals surface area contributed by atoms with Crippen molar-refractivity contribution in [2.75, 3.05) is 11.9 Å². The van der Waals surface area contributed by atoms with Crippen LogP contribution in [0, 0.1) is 13.8 Å². The van der Waals surface area contributed by atoms with Crippen molar-refractivity contribution >= 4 is 17.4 Å². The SMILES string of the molecule is Cc1ccc(C)c(C(=O)C[C@]2(O)C(=O)N(C)c3ccccc32)c1. The number of ketones is 1. The Morgan fingerprint density at radius 1 is 1.17 bits per heavy atom. The fraction of sp³-hybridized carbons (Fsp3) is 0.263. The van der Waals surface area contributed by atoms with Gasteiger partial charge in [0.15, 0.2) is 11.4 Å². The van der Waals surface area contributed by atoms with Gasteiger partial charge in [-0.3, -0.25) is 9.59 Å². The van der Waals surface area contributed by atoms with Crippen LogP contribution in [0.15, 0.2) is 42.5 Å². The average molecular weight is 309 g/mol. The molecule has 0 aliphatic carbocycles. The number of Topliss-reactive ketones (excluding diaryl/α,β-unsaturated/α-hetero) is 1. The molecule has 1 heterocycles. The summed E-state index contributed by atoms with van der Waals surface area (Å²) in [6, 6.07) is 12.7. The fourth-order valence-electron chi connectivity index (χ4n) is 3.15. The molecule has 1 aliphatic rings. The third kappa shape index (κ3) is 2.35. The number of anilines is 1. The van der Waals surface area contributed by atoms with Crippen molar-refractivity contribution in [1.29, 1.82) is 0 Å². The topological polar surface area (TPSA) is 57.6 Å². The maximum absolute atomic E-state index is 12.7. The zero-order valence-corrected chi connectivity index (χ0v) is 13.5. The molecule has 1 amide bonds. The van der Waals surface area contributed by atoms with Crippen molar-refractivity contribution in [3.8, 4) is 0 Å². The van der Waals surface area contributed by atoms with Crippen molar-refractivity contribution in [1.82, 2.24) is 0 Å². The summed E-state index contributed by atoms with van der Waals surface area (Å²) in [6.07, 6.45) is -0.253. The van der Waals surface area contributed by atoms with Crippen molar-refractivity contribution in [3.63, 3.8) is 0 Å². The lowest BCUT2D eigenvalue weighted by atomic mass is 9.87. The van der Waals surface area contributed by atoms with Crippen LogP contribution in [-0.2, 0) is 10.4 Å². The zero-order valence-electron chi connectivity index (χ0n) is 13.5. The molecule has 23 heavy (non-hydrogen) atoms. The third-order valence-corrected chi connectivity index (χ3v) is 4.48. The van der Waals surface area contributed by atoms with Crippen molar-refractivity contribution in [3.05, 3.63) is 64.7 Å². The van der Waals surface area contributed by atoms with Gasteiger partial charge in [-0.15, -0.1) is 0 Å². The number of nitrogens with zero attached hydrogens (tertiary/aromatic N) is 1. The molecule has 1 atom stereocenters. The van der Waals surface area contributed by atoms with Gasteiger partial charge in [-0.2, -0.15) is 0 Å². The van der Waals surface area contributed by atoms with E-state index in [-0.39, 0.29) is 12.2 Å². The number of aliphatic hydroxyl groups is 1. The Morgan fingerprint density at radius 2 is 1.87 bits per heavy atom. The standard InChI is InChI=1S/C19H19NO3/c1-12-8-9-13(2)14(10-12)17(21)11-19(23)15-6-4-5-7-16(15)20(3)18(19)22/h4-10,23H,11H2,1-3H3/t19-/m1/s1. The summed E-state index contributed by atoms with van der Waals surface area (Å²) in [5.74, 6) is -0.690. The summed E-state index contributed by atoms with van der Waals surface area (Å²) in [7, 11) is 1.61. The van der Waals surface area contributed by atoms with Crippen LogP contribution in [-0.4, -0.2) is 23.8 Å². The molecule has 118 valence electrons. The Kier molecular flexibility index (Phi) is 3.57. The minimum atomic E-state index is -1.79. The van der Waals surface area contributed by atoms with E-state index in [0.717, 1.165) is 11.1 Å². The highest BCUT2D eigenvalue weighted by molar-refractivity contribution is 6.10. The van der Waals surface area contributed by atoms with E-state index >= 15 is 0 Å². The first-order valence-corrected chi connectivity index (χ1v) is 7.55. The number of rotatable bonds is 3. The Balaban J connectivity index is 2.00. The molecule has 2 aromatic rings. The molecule has 0 aromatic heterocycles. The number of hydrogen-bond donors (Lipinski definition) is 1. The molecule has 1 N–H and O–H groups in total. The molecule has 0 fully saturated rings. The predicted octanol–water partition coefficient (Wildman–Crippen LogP) is 2.74. The van der Waals surface area contributed by atoms with E-state index in [4.69, 9.17) is 0 Å². The van der Waals surface area contributed by atoms with Gasteiger partial charge >= 0.3 is 0 Å². The number of carbonyl (C=O) groups is 2. The summed E-state index contributed by atoms with van der Waals surface area (Å²) >= 11 is 0. The van der Waals surface area contributed by atoms with E-state index in [1.165, 1.54) is 4.90 Å². The molecule has 4 nitrogen and oxygen atoms in total. The highest BCUT2D eigenvalue weighted by Gasteiger charge is 2.49. The highest BCUT2D eigenvalue weighted by atomic mass is 16.3. The van der Waals surface area contributed by atoms with Crippen LogP contribution in [0.3, 0.4) is 0 Å². The maximum Gasteiger partial charge on any atom is 0.263 e. The Morgan fingerprint density at radius 3 is 2.61 bits per heavy atom. The van der Waals surface area contributed by atoms with E-state index in [1.54, 1.807) is 37.4 Å². The van der Waals surface area contributed by atoms with Gasteiger partial charge in [0.1, 0.15) is 0 Å². The lowest BCUT2D eigenvalue weighted by molar-refractivity contribution is -0.135. The van der Waals surface area contributed by atoms with Gasteiger partial charge in [0, 0.05) is 18.2 Å². The fourth-order valence-corrected chi connectivity index (χ4v) is 3.15. The van der Waals surface area contributed by atoms with E-state index in [2.05, 4.69) is 0 Å². The number of likely N-dealkylation sites (N-methyl/N-ethyl adjacent to an activating group) is 1. The second-order valence-electron chi connectivity index (χ2n) is 6.16. The first-order valence-electron chi connectivity index (χ1n) is 7.55. The molecule has 4 heteroatoms. The summed E-state index contributed by atoms with van der Waals surface area (Å²) < 4.78 is 0. The molecule has 2 aromatic carbocycles. The summed E-state index contributed by atoms with van der Waals surface area (Å²) in [4.78, 5) is 26.6. The molecule has 0 unspecified atom stereocenters. The van der Waals surface area contributed by atoms with Crippen molar-refractivity contribution in [2.45, 2.75) is 25.9 Å². The summed E-state index contributed by atoms with van der Waals surface area (Å²) in [5, 5.41) is 11.0. The van der Waals surface area contributed by atoms with Crippen LogP contribution in [0.4, 0.5) is 5.69 Å². The van der Waals surface area contributed by atoms with Crippen LogP contribution in [0.2, 0.25) is 0 Å². The number of amides is 1. The van der Waals surface area contributed by atoms with E-state index in [1.807, 2.05) is 26.0 Å². The monoisotopic (exact) mass is 309 g/mol. The predicted molar refractivity (Wildman–Crippen MR) is 88.6 cm³/mol. The number of benzene rings is 2. The minimum Gasteiger partial charge on any atom is -0.375 e. The molecule has 0 saturated carbocycles. The third-order valence-electron chi connectivity index (χ3n) is 4.48. The Hall–Kier alpha value is -2.46. The normalized spacial score (nSPS) is 19.8. The molecule has 0 saturated heterocycles. The lowest BCUT2D eigenvalue weighted by Crippen LogP contribution is -2.40. The number of carbonyl (C=O) groups excluding carboxylic acids is 2. The maximum atomic E-state index is 12.7. The first kappa shape index (κ1) is 15.4. The van der Waals surface area contributed by atoms with Gasteiger partial charge in [0.05, 0.1) is 12.1 Å². The molecule has 0 spiro atoms. The molecular weight excluding hydrogens is 290 g/mol. The van der Waals surface area contributed by atoms with E-state index < -0.39 is 11.5 Å². The van der Waals surface area contributed by atoms with Gasteiger partial charge in [0.25, 0.3) is 5.91 Å². The van der Waals surface area contributed by atoms with Gasteiger partial charge in [0.2, 0.25) is 0 Å². The largest absolute Gasteiger partial charge is 0.375 e. The van der Waals surface area contributed by atoms with Crippen molar-refractivity contribution in [2.24, 2.45) is 0 Å². The Bertz CT molecular complexity index is 812. The number of aryl methyl sites for hydroxylation is 2. The molecule has 3 rings (SSSR count). The number of hydrogen-bond acceptors (Lipinski definition) is 3. The summed E-state index contributed by atoms with van der Waals surface area (Å²) in [5.41, 5.74) is 1.72.